The smallest absolute Gasteiger partial charge is 0.160 e. The van der Waals surface area contributed by atoms with Crippen LogP contribution in [0.15, 0.2) is 218 Å². The lowest BCUT2D eigenvalue weighted by Crippen LogP contribution is -2.28. The van der Waals surface area contributed by atoms with Gasteiger partial charge in [0.25, 0.3) is 0 Å². The molecule has 1 aliphatic carbocycles. The molecular formula is C55H36N2. The molecule has 2 heteroatoms. The highest BCUT2D eigenvalue weighted by atomic mass is 14.9. The Balaban J connectivity index is 1.14. The zero-order chi connectivity index (χ0) is 37.8. The molecule has 2 nitrogen and oxygen atoms in total. The molecule has 57 heavy (non-hydrogen) atoms. The number of hydrogen-bond donors (Lipinski definition) is 0. The van der Waals surface area contributed by atoms with Crippen LogP contribution in [-0.2, 0) is 5.41 Å². The number of hydrogen-bond acceptors (Lipinski definition) is 2. The molecule has 266 valence electrons. The van der Waals surface area contributed by atoms with Crippen molar-refractivity contribution in [3.8, 4) is 56.2 Å². The van der Waals surface area contributed by atoms with E-state index in [-0.39, 0.29) is 0 Å². The number of nitrogens with zero attached hydrogens (tertiary/aromatic N) is 2. The molecule has 0 bridgehead atoms. The fourth-order valence-corrected chi connectivity index (χ4v) is 9.26. The minimum atomic E-state index is -0.471. The van der Waals surface area contributed by atoms with Gasteiger partial charge in [-0.3, -0.25) is 0 Å². The molecule has 0 amide bonds. The summed E-state index contributed by atoms with van der Waals surface area (Å²) in [7, 11) is 0. The molecule has 0 saturated carbocycles. The predicted molar refractivity (Wildman–Crippen MR) is 236 cm³/mol. The van der Waals surface area contributed by atoms with E-state index in [1.165, 1.54) is 60.7 Å². The first-order chi connectivity index (χ1) is 28.3. The van der Waals surface area contributed by atoms with Gasteiger partial charge in [0, 0.05) is 16.7 Å². The van der Waals surface area contributed by atoms with Crippen molar-refractivity contribution in [2.24, 2.45) is 0 Å². The third-order valence-electron chi connectivity index (χ3n) is 11.8. The van der Waals surface area contributed by atoms with Crippen molar-refractivity contribution in [1.82, 2.24) is 9.97 Å². The Hall–Kier alpha value is -7.42. The maximum absolute atomic E-state index is 5.22. The van der Waals surface area contributed by atoms with E-state index in [4.69, 9.17) is 9.97 Å². The summed E-state index contributed by atoms with van der Waals surface area (Å²) >= 11 is 0. The Labute approximate surface area is 332 Å². The van der Waals surface area contributed by atoms with E-state index in [2.05, 4.69) is 194 Å². The molecule has 10 aromatic rings. The van der Waals surface area contributed by atoms with Crippen LogP contribution in [0.1, 0.15) is 22.3 Å². The van der Waals surface area contributed by atoms with Gasteiger partial charge >= 0.3 is 0 Å². The van der Waals surface area contributed by atoms with E-state index >= 15 is 0 Å². The number of fused-ring (bicyclic) bond motifs is 6. The molecule has 11 rings (SSSR count). The normalized spacial score (nSPS) is 12.7. The van der Waals surface area contributed by atoms with Crippen molar-refractivity contribution in [1.29, 1.82) is 0 Å². The standard InChI is InChI=1S/C55H36N2/c1-5-18-38(19-6-1)51-36-52(57-54(56-51)39-20-7-2-8-21-39)47-32-31-43(45-27-15-16-28-46(45)47)40-30-33-49-48(35-40)53-44-26-14-13-17-37(44)29-34-50(53)55(49,41-22-9-3-10-23-41)42-24-11-4-12-25-42/h1-36H. The van der Waals surface area contributed by atoms with Gasteiger partial charge in [-0.15, -0.1) is 0 Å². The van der Waals surface area contributed by atoms with Crippen molar-refractivity contribution in [3.63, 3.8) is 0 Å². The monoisotopic (exact) mass is 724 g/mol. The van der Waals surface area contributed by atoms with Gasteiger partial charge in [-0.2, -0.15) is 0 Å². The minimum absolute atomic E-state index is 0.471. The van der Waals surface area contributed by atoms with E-state index in [1.807, 2.05) is 24.3 Å². The molecule has 1 heterocycles. The molecule has 0 unspecified atom stereocenters. The number of rotatable bonds is 6. The van der Waals surface area contributed by atoms with E-state index in [0.717, 1.165) is 33.5 Å². The fourth-order valence-electron chi connectivity index (χ4n) is 9.26. The third-order valence-corrected chi connectivity index (χ3v) is 11.8. The average molecular weight is 725 g/mol. The van der Waals surface area contributed by atoms with Gasteiger partial charge in [0.1, 0.15) is 0 Å². The largest absolute Gasteiger partial charge is 0.228 e. The highest BCUT2D eigenvalue weighted by Gasteiger charge is 2.46. The van der Waals surface area contributed by atoms with Crippen molar-refractivity contribution >= 4 is 21.5 Å². The molecule has 0 fully saturated rings. The summed E-state index contributed by atoms with van der Waals surface area (Å²) < 4.78 is 0. The number of aromatic nitrogens is 2. The predicted octanol–water partition coefficient (Wildman–Crippen LogP) is 13.8. The van der Waals surface area contributed by atoms with Crippen molar-refractivity contribution in [2.75, 3.05) is 0 Å². The van der Waals surface area contributed by atoms with Crippen molar-refractivity contribution in [2.45, 2.75) is 5.41 Å². The first-order valence-corrected chi connectivity index (χ1v) is 19.6. The summed E-state index contributed by atoms with van der Waals surface area (Å²) in [6.45, 7) is 0. The summed E-state index contributed by atoms with van der Waals surface area (Å²) in [5.74, 6) is 0.713. The summed E-state index contributed by atoms with van der Waals surface area (Å²) in [6.07, 6.45) is 0. The Morgan fingerprint density at radius 2 is 0.842 bits per heavy atom. The van der Waals surface area contributed by atoms with Gasteiger partial charge in [-0.1, -0.05) is 206 Å². The molecule has 0 atom stereocenters. The Kier molecular flexibility index (Phi) is 7.75. The van der Waals surface area contributed by atoms with Crippen LogP contribution in [0.5, 0.6) is 0 Å². The molecule has 0 saturated heterocycles. The zero-order valence-electron chi connectivity index (χ0n) is 31.2. The molecule has 9 aromatic carbocycles. The molecule has 1 aliphatic rings. The Morgan fingerprint density at radius 3 is 1.53 bits per heavy atom. The SMILES string of the molecule is c1ccc(-c2cc(-c3ccc(-c4ccc5c(c4)-c4c(ccc6ccccc46)C5(c4ccccc4)c4ccccc4)c4ccccc34)nc(-c3ccccc3)n2)cc1. The van der Waals surface area contributed by atoms with Crippen LogP contribution in [0.2, 0.25) is 0 Å². The van der Waals surface area contributed by atoms with Gasteiger partial charge < -0.3 is 0 Å². The van der Waals surface area contributed by atoms with Gasteiger partial charge in [-0.25, -0.2) is 9.97 Å². The topological polar surface area (TPSA) is 25.8 Å². The van der Waals surface area contributed by atoms with Crippen LogP contribution in [0.3, 0.4) is 0 Å². The van der Waals surface area contributed by atoms with E-state index in [1.54, 1.807) is 0 Å². The second-order valence-electron chi connectivity index (χ2n) is 14.9. The minimum Gasteiger partial charge on any atom is -0.228 e. The molecule has 0 aliphatic heterocycles. The molecule has 0 radical (unpaired) electrons. The lowest BCUT2D eigenvalue weighted by molar-refractivity contribution is 0.769. The second-order valence-corrected chi connectivity index (χ2v) is 14.9. The van der Waals surface area contributed by atoms with Crippen LogP contribution in [-0.4, -0.2) is 9.97 Å². The van der Waals surface area contributed by atoms with Crippen LogP contribution in [0.25, 0.3) is 77.7 Å². The molecule has 0 N–H and O–H groups in total. The highest BCUT2D eigenvalue weighted by Crippen LogP contribution is 2.58. The third kappa shape index (κ3) is 5.26. The molecule has 1 aromatic heterocycles. The lowest BCUT2D eigenvalue weighted by Gasteiger charge is -2.34. The van der Waals surface area contributed by atoms with Crippen LogP contribution >= 0.6 is 0 Å². The summed E-state index contributed by atoms with van der Waals surface area (Å²) in [4.78, 5) is 10.3. The van der Waals surface area contributed by atoms with Crippen LogP contribution < -0.4 is 0 Å². The second kappa shape index (κ2) is 13.4. The van der Waals surface area contributed by atoms with Gasteiger partial charge in [0.2, 0.25) is 0 Å². The van der Waals surface area contributed by atoms with Gasteiger partial charge in [-0.05, 0) is 78.2 Å². The van der Waals surface area contributed by atoms with Crippen LogP contribution in [0, 0.1) is 0 Å². The Morgan fingerprint density at radius 1 is 0.316 bits per heavy atom. The summed E-state index contributed by atoms with van der Waals surface area (Å²) in [5.41, 5.74) is 14.6. The van der Waals surface area contributed by atoms with E-state index in [0.29, 0.717) is 5.82 Å². The first kappa shape index (κ1) is 33.0. The number of benzene rings is 9. The van der Waals surface area contributed by atoms with E-state index < -0.39 is 5.41 Å². The van der Waals surface area contributed by atoms with Crippen LogP contribution in [0.4, 0.5) is 0 Å². The quantitative estimate of drug-likeness (QED) is 0.171. The highest BCUT2D eigenvalue weighted by molar-refractivity contribution is 6.08. The maximum atomic E-state index is 5.22. The lowest BCUT2D eigenvalue weighted by atomic mass is 9.67. The molecule has 0 spiro atoms. The van der Waals surface area contributed by atoms with Gasteiger partial charge in [0.15, 0.2) is 5.82 Å². The molecular weight excluding hydrogens is 689 g/mol. The van der Waals surface area contributed by atoms with Gasteiger partial charge in [0.05, 0.1) is 16.8 Å². The van der Waals surface area contributed by atoms with Crippen molar-refractivity contribution < 1.29 is 0 Å². The van der Waals surface area contributed by atoms with Crippen molar-refractivity contribution in [3.05, 3.63) is 241 Å². The fraction of sp³-hybridized carbons (Fsp3) is 0.0182. The van der Waals surface area contributed by atoms with E-state index in [9.17, 15) is 0 Å². The average Bonchev–Trinajstić information content (AvgIpc) is 3.60. The Bertz CT molecular complexity index is 3000. The summed E-state index contributed by atoms with van der Waals surface area (Å²) in [5, 5.41) is 4.86. The zero-order valence-corrected chi connectivity index (χ0v) is 31.2. The first-order valence-electron chi connectivity index (χ1n) is 19.6. The summed E-state index contributed by atoms with van der Waals surface area (Å²) in [6, 6.07) is 78.8. The maximum Gasteiger partial charge on any atom is 0.160 e.